The molecule has 1 saturated carbocycles. The van der Waals surface area contributed by atoms with E-state index in [1.54, 1.807) is 25.6 Å². The Kier molecular flexibility index (Phi) is 7.43. The van der Waals surface area contributed by atoms with Gasteiger partial charge in [0.1, 0.15) is 0 Å². The van der Waals surface area contributed by atoms with Gasteiger partial charge in [-0.05, 0) is 77.3 Å². The Hall–Kier alpha value is -3.57. The van der Waals surface area contributed by atoms with Crippen LogP contribution in [0.2, 0.25) is 0 Å². The van der Waals surface area contributed by atoms with Gasteiger partial charge in [0.25, 0.3) is 5.91 Å². The molecular weight excluding hydrogens is 502 g/mol. The molecule has 39 heavy (non-hydrogen) atoms. The number of carbonyl (C=O) groups is 1. The highest BCUT2D eigenvalue weighted by Crippen LogP contribution is 2.42. The van der Waals surface area contributed by atoms with Crippen LogP contribution in [0.3, 0.4) is 0 Å². The van der Waals surface area contributed by atoms with E-state index in [2.05, 4.69) is 48.5 Å². The van der Waals surface area contributed by atoms with E-state index in [1.807, 2.05) is 35.2 Å². The number of rotatable bonds is 6. The Morgan fingerprint density at radius 3 is 2.26 bits per heavy atom. The molecule has 0 spiro atoms. The highest BCUT2D eigenvalue weighted by Gasteiger charge is 2.34. The molecule has 0 unspecified atom stereocenters. The Bertz CT molecular complexity index is 1440. The molecule has 1 fully saturated rings. The summed E-state index contributed by atoms with van der Waals surface area (Å²) in [4.78, 5) is 18.0. The van der Waals surface area contributed by atoms with E-state index in [-0.39, 0.29) is 11.9 Å². The minimum atomic E-state index is -0.192. The number of nitrogens with zero attached hydrogens (tertiary/aromatic N) is 1. The van der Waals surface area contributed by atoms with Gasteiger partial charge in [-0.15, -0.1) is 11.3 Å². The summed E-state index contributed by atoms with van der Waals surface area (Å²) in [5.74, 6) is 2.17. The third kappa shape index (κ3) is 5.08. The number of carbonyl (C=O) groups excluding carboxylic acids is 1. The van der Waals surface area contributed by atoms with Gasteiger partial charge in [0.05, 0.1) is 25.1 Å². The minimum absolute atomic E-state index is 0.0689. The molecule has 4 nitrogen and oxygen atoms in total. The number of benzene rings is 3. The molecule has 1 aliphatic heterocycles. The number of hydrogen-bond donors (Lipinski definition) is 0. The molecule has 0 bridgehead atoms. The van der Waals surface area contributed by atoms with Crippen molar-refractivity contribution in [2.45, 2.75) is 50.5 Å². The zero-order valence-corrected chi connectivity index (χ0v) is 23.5. The molecule has 1 aromatic heterocycles. The lowest BCUT2D eigenvalue weighted by molar-refractivity contribution is 0.0699. The summed E-state index contributed by atoms with van der Waals surface area (Å²) in [5, 5.41) is 0. The van der Waals surface area contributed by atoms with Crippen LogP contribution in [0.25, 0.3) is 10.4 Å². The molecule has 200 valence electrons. The second-order valence-electron chi connectivity index (χ2n) is 10.6. The van der Waals surface area contributed by atoms with Gasteiger partial charge < -0.3 is 14.4 Å². The van der Waals surface area contributed by atoms with Gasteiger partial charge in [0, 0.05) is 11.4 Å². The van der Waals surface area contributed by atoms with Crippen LogP contribution < -0.4 is 9.47 Å². The van der Waals surface area contributed by atoms with Gasteiger partial charge >= 0.3 is 0 Å². The standard InChI is InChI=1S/C34H35NO3S/c1-37-29-21-27-19-20-35(33(26-11-7-4-8-12-26)28(27)22-30(29)38-2)34(36)32-18-17-31(39-32)25-15-13-24(14-16-25)23-9-5-3-6-10-23/h4,7-8,11-18,21-23,33H,3,5-6,9-10,19-20H2,1-2H3/t33-/m1/s1. The number of methoxy groups -OCH3 is 2. The van der Waals surface area contributed by atoms with Crippen LogP contribution in [-0.4, -0.2) is 31.6 Å². The predicted molar refractivity (Wildman–Crippen MR) is 158 cm³/mol. The van der Waals surface area contributed by atoms with Crippen LogP contribution >= 0.6 is 11.3 Å². The van der Waals surface area contributed by atoms with Crippen molar-refractivity contribution in [1.29, 1.82) is 0 Å². The second kappa shape index (κ2) is 11.3. The molecule has 5 heteroatoms. The first-order valence-electron chi connectivity index (χ1n) is 14.0. The minimum Gasteiger partial charge on any atom is -0.493 e. The van der Waals surface area contributed by atoms with Crippen LogP contribution in [0, 0.1) is 0 Å². The van der Waals surface area contributed by atoms with Gasteiger partial charge in [0.2, 0.25) is 0 Å². The lowest BCUT2D eigenvalue weighted by Gasteiger charge is -2.38. The summed E-state index contributed by atoms with van der Waals surface area (Å²) in [6, 6.07) is 27.3. The normalized spacial score (nSPS) is 17.5. The third-order valence-corrected chi connectivity index (χ3v) is 9.46. The van der Waals surface area contributed by atoms with Crippen molar-refractivity contribution in [1.82, 2.24) is 4.90 Å². The molecule has 0 saturated heterocycles. The summed E-state index contributed by atoms with van der Waals surface area (Å²) in [5.41, 5.74) is 6.01. The zero-order chi connectivity index (χ0) is 26.8. The Morgan fingerprint density at radius 1 is 0.821 bits per heavy atom. The summed E-state index contributed by atoms with van der Waals surface area (Å²) < 4.78 is 11.2. The first-order valence-corrected chi connectivity index (χ1v) is 14.8. The molecule has 6 rings (SSSR count). The molecule has 1 atom stereocenters. The summed E-state index contributed by atoms with van der Waals surface area (Å²) in [6.45, 7) is 0.643. The molecular formula is C34H35NO3S. The van der Waals surface area contributed by atoms with Gasteiger partial charge in [0.15, 0.2) is 11.5 Å². The van der Waals surface area contributed by atoms with Crippen molar-refractivity contribution in [3.05, 3.63) is 106 Å². The van der Waals surface area contributed by atoms with E-state index in [9.17, 15) is 4.79 Å². The topological polar surface area (TPSA) is 38.8 Å². The van der Waals surface area contributed by atoms with Crippen molar-refractivity contribution in [3.63, 3.8) is 0 Å². The molecule has 1 aliphatic carbocycles. The van der Waals surface area contributed by atoms with E-state index in [0.717, 1.165) is 33.1 Å². The molecule has 0 radical (unpaired) electrons. The van der Waals surface area contributed by atoms with Crippen molar-refractivity contribution in [2.24, 2.45) is 0 Å². The second-order valence-corrected chi connectivity index (χ2v) is 11.7. The highest BCUT2D eigenvalue weighted by atomic mass is 32.1. The summed E-state index contributed by atoms with van der Waals surface area (Å²) in [7, 11) is 3.32. The van der Waals surface area contributed by atoms with E-state index >= 15 is 0 Å². The summed E-state index contributed by atoms with van der Waals surface area (Å²) in [6.07, 6.45) is 7.43. The van der Waals surface area contributed by atoms with Crippen molar-refractivity contribution in [3.8, 4) is 21.9 Å². The lowest BCUT2D eigenvalue weighted by atomic mass is 9.84. The van der Waals surface area contributed by atoms with Crippen LogP contribution in [0.5, 0.6) is 11.5 Å². The fraction of sp³-hybridized carbons (Fsp3) is 0.324. The van der Waals surface area contributed by atoms with Crippen LogP contribution in [0.4, 0.5) is 0 Å². The van der Waals surface area contributed by atoms with Crippen LogP contribution in [0.1, 0.15) is 76.0 Å². The van der Waals surface area contributed by atoms with Gasteiger partial charge in [-0.2, -0.15) is 0 Å². The average Bonchev–Trinajstić information content (AvgIpc) is 3.51. The van der Waals surface area contributed by atoms with Gasteiger partial charge in [-0.25, -0.2) is 0 Å². The third-order valence-electron chi connectivity index (χ3n) is 8.34. The molecule has 0 N–H and O–H groups in total. The average molecular weight is 538 g/mol. The predicted octanol–water partition coefficient (Wildman–Crippen LogP) is 8.27. The van der Waals surface area contributed by atoms with E-state index < -0.39 is 0 Å². The fourth-order valence-electron chi connectivity index (χ4n) is 6.26. The van der Waals surface area contributed by atoms with Gasteiger partial charge in [-0.3, -0.25) is 4.79 Å². The number of amides is 1. The monoisotopic (exact) mass is 537 g/mol. The van der Waals surface area contributed by atoms with Crippen molar-refractivity contribution < 1.29 is 14.3 Å². The number of hydrogen-bond acceptors (Lipinski definition) is 4. The smallest absolute Gasteiger partial charge is 0.264 e. The maximum Gasteiger partial charge on any atom is 0.264 e. The van der Waals surface area contributed by atoms with Gasteiger partial charge in [-0.1, -0.05) is 73.9 Å². The Labute approximate surface area is 235 Å². The van der Waals surface area contributed by atoms with Crippen LogP contribution in [-0.2, 0) is 6.42 Å². The Morgan fingerprint density at radius 2 is 1.54 bits per heavy atom. The lowest BCUT2D eigenvalue weighted by Crippen LogP contribution is -2.40. The molecule has 3 aromatic carbocycles. The highest BCUT2D eigenvalue weighted by molar-refractivity contribution is 7.17. The molecule has 2 aliphatic rings. The molecule has 4 aromatic rings. The largest absolute Gasteiger partial charge is 0.493 e. The van der Waals surface area contributed by atoms with Crippen molar-refractivity contribution in [2.75, 3.05) is 20.8 Å². The maximum absolute atomic E-state index is 14.1. The van der Waals surface area contributed by atoms with Crippen molar-refractivity contribution >= 4 is 17.2 Å². The molecule has 2 heterocycles. The number of ether oxygens (including phenoxy) is 2. The first-order chi connectivity index (χ1) is 19.2. The Balaban J connectivity index is 1.30. The molecule has 1 amide bonds. The number of fused-ring (bicyclic) bond motifs is 1. The van der Waals surface area contributed by atoms with E-state index in [0.29, 0.717) is 18.2 Å². The maximum atomic E-state index is 14.1. The quantitative estimate of drug-likeness (QED) is 0.248. The van der Waals surface area contributed by atoms with Crippen LogP contribution in [0.15, 0.2) is 78.9 Å². The fourth-order valence-corrected chi connectivity index (χ4v) is 7.23. The first kappa shape index (κ1) is 25.7. The van der Waals surface area contributed by atoms with E-state index in [1.165, 1.54) is 48.8 Å². The number of thiophene rings is 1. The SMILES string of the molecule is COc1cc2c(cc1OC)[C@@H](c1ccccc1)N(C(=O)c1ccc(-c3ccc(C4CCCCC4)cc3)s1)CC2. The summed E-state index contributed by atoms with van der Waals surface area (Å²) >= 11 is 1.59. The van der Waals surface area contributed by atoms with E-state index in [4.69, 9.17) is 9.47 Å². The zero-order valence-electron chi connectivity index (χ0n) is 22.7.